The molecular formula is C6H15BrN2S. The molecule has 0 aromatic carbocycles. The third-order valence-corrected chi connectivity index (χ3v) is 1.50. The summed E-state index contributed by atoms with van der Waals surface area (Å²) in [6.07, 6.45) is 1.07. The number of aliphatic imine (C=N–C) groups is 1. The molecule has 0 unspecified atom stereocenters. The van der Waals surface area contributed by atoms with Crippen molar-refractivity contribution in [2.75, 3.05) is 12.3 Å². The minimum atomic E-state index is 0. The summed E-state index contributed by atoms with van der Waals surface area (Å²) in [4.78, 5) is 4.09. The Morgan fingerprint density at radius 2 is 2.10 bits per heavy atom. The average molecular weight is 227 g/mol. The highest BCUT2D eigenvalue weighted by molar-refractivity contribution is 8.93. The number of nitrogens with two attached hydrogens (primary N) is 1. The lowest BCUT2D eigenvalue weighted by atomic mass is 10.5. The fraction of sp³-hybridized carbons (Fsp3) is 0.833. The molecule has 0 aliphatic carbocycles. The zero-order chi connectivity index (χ0) is 7.11. The first-order valence-corrected chi connectivity index (χ1v) is 4.22. The Morgan fingerprint density at radius 1 is 1.50 bits per heavy atom. The van der Waals surface area contributed by atoms with Gasteiger partial charge < -0.3 is 5.73 Å². The van der Waals surface area contributed by atoms with E-state index in [2.05, 4.69) is 18.8 Å². The molecule has 0 spiro atoms. The summed E-state index contributed by atoms with van der Waals surface area (Å²) >= 11 is 1.60. The van der Waals surface area contributed by atoms with Crippen molar-refractivity contribution in [3.8, 4) is 0 Å². The largest absolute Gasteiger partial charge is 0.379 e. The third-order valence-electron chi connectivity index (χ3n) is 0.783. The van der Waals surface area contributed by atoms with Crippen LogP contribution >= 0.6 is 28.7 Å². The molecule has 10 heavy (non-hydrogen) atoms. The quantitative estimate of drug-likeness (QED) is 0.591. The Bertz CT molecular complexity index is 95.7. The van der Waals surface area contributed by atoms with Gasteiger partial charge in [0, 0.05) is 6.54 Å². The maximum Gasteiger partial charge on any atom is 0.153 e. The van der Waals surface area contributed by atoms with Gasteiger partial charge in [-0.1, -0.05) is 25.6 Å². The first-order chi connectivity index (χ1) is 4.31. The monoisotopic (exact) mass is 226 g/mol. The summed E-state index contributed by atoms with van der Waals surface area (Å²) in [6.45, 7) is 5.02. The maximum absolute atomic E-state index is 5.48. The molecule has 0 rings (SSSR count). The van der Waals surface area contributed by atoms with Crippen LogP contribution in [-0.2, 0) is 0 Å². The fourth-order valence-corrected chi connectivity index (χ4v) is 0.894. The predicted molar refractivity (Wildman–Crippen MR) is 55.2 cm³/mol. The van der Waals surface area contributed by atoms with E-state index in [9.17, 15) is 0 Å². The van der Waals surface area contributed by atoms with Crippen molar-refractivity contribution in [2.45, 2.75) is 20.3 Å². The van der Waals surface area contributed by atoms with Crippen molar-refractivity contribution in [1.82, 2.24) is 0 Å². The van der Waals surface area contributed by atoms with Crippen LogP contribution in [0.25, 0.3) is 0 Å². The van der Waals surface area contributed by atoms with E-state index in [1.165, 1.54) is 0 Å². The van der Waals surface area contributed by atoms with Crippen molar-refractivity contribution in [3.05, 3.63) is 0 Å². The van der Waals surface area contributed by atoms with E-state index >= 15 is 0 Å². The van der Waals surface area contributed by atoms with Crippen LogP contribution in [0, 0.1) is 0 Å². The normalized spacial score (nSPS) is 10.8. The molecule has 0 atom stereocenters. The molecule has 0 heterocycles. The van der Waals surface area contributed by atoms with Gasteiger partial charge in [-0.3, -0.25) is 4.99 Å². The SMILES string of the molecule is Br.CCCN=C(N)SCC. The number of nitrogens with zero attached hydrogens (tertiary/aromatic N) is 1. The van der Waals surface area contributed by atoms with E-state index in [4.69, 9.17) is 5.73 Å². The van der Waals surface area contributed by atoms with Gasteiger partial charge >= 0.3 is 0 Å². The van der Waals surface area contributed by atoms with Gasteiger partial charge in [-0.2, -0.15) is 0 Å². The lowest BCUT2D eigenvalue weighted by Crippen LogP contribution is -2.07. The Kier molecular flexibility index (Phi) is 12.0. The van der Waals surface area contributed by atoms with Crippen LogP contribution in [0.5, 0.6) is 0 Å². The van der Waals surface area contributed by atoms with Crippen LogP contribution in [-0.4, -0.2) is 17.5 Å². The van der Waals surface area contributed by atoms with E-state index in [0.29, 0.717) is 0 Å². The fourth-order valence-electron chi connectivity index (χ4n) is 0.416. The number of halogens is 1. The molecule has 0 amide bonds. The average Bonchev–Trinajstić information content (AvgIpc) is 1.85. The molecule has 0 aliphatic heterocycles. The lowest BCUT2D eigenvalue weighted by Gasteiger charge is -1.94. The zero-order valence-corrected chi connectivity index (χ0v) is 8.99. The summed E-state index contributed by atoms with van der Waals surface area (Å²) in [6, 6.07) is 0. The van der Waals surface area contributed by atoms with Crippen molar-refractivity contribution >= 4 is 33.9 Å². The molecule has 0 saturated carbocycles. The van der Waals surface area contributed by atoms with Gasteiger partial charge in [0.2, 0.25) is 0 Å². The van der Waals surface area contributed by atoms with E-state index in [1.54, 1.807) is 11.8 Å². The van der Waals surface area contributed by atoms with Crippen LogP contribution in [0.2, 0.25) is 0 Å². The highest BCUT2D eigenvalue weighted by Gasteiger charge is 1.86. The second-order valence-corrected chi connectivity index (χ2v) is 2.94. The van der Waals surface area contributed by atoms with Crippen LogP contribution in [0.3, 0.4) is 0 Å². The maximum atomic E-state index is 5.48. The molecule has 62 valence electrons. The zero-order valence-electron chi connectivity index (χ0n) is 6.46. The van der Waals surface area contributed by atoms with Crippen molar-refractivity contribution in [3.63, 3.8) is 0 Å². The van der Waals surface area contributed by atoms with Crippen LogP contribution in [0.15, 0.2) is 4.99 Å². The van der Waals surface area contributed by atoms with Gasteiger partial charge in [0.1, 0.15) is 0 Å². The van der Waals surface area contributed by atoms with Crippen LogP contribution in [0.1, 0.15) is 20.3 Å². The van der Waals surface area contributed by atoms with Crippen molar-refractivity contribution in [2.24, 2.45) is 10.7 Å². The highest BCUT2D eigenvalue weighted by Crippen LogP contribution is 1.97. The first kappa shape index (κ1) is 12.9. The molecule has 0 saturated heterocycles. The van der Waals surface area contributed by atoms with Gasteiger partial charge in [0.05, 0.1) is 0 Å². The lowest BCUT2D eigenvalue weighted by molar-refractivity contribution is 0.934. The summed E-state index contributed by atoms with van der Waals surface area (Å²) in [7, 11) is 0. The number of thioether (sulfide) groups is 1. The van der Waals surface area contributed by atoms with Gasteiger partial charge in [-0.15, -0.1) is 17.0 Å². The molecule has 0 fully saturated rings. The standard InChI is InChI=1S/C6H14N2S.BrH/c1-3-5-8-6(7)9-4-2;/h3-5H2,1-2H3,(H2,7,8);1H. The molecular weight excluding hydrogens is 212 g/mol. The molecule has 4 heteroatoms. The first-order valence-electron chi connectivity index (χ1n) is 3.24. The second kappa shape index (κ2) is 9.30. The van der Waals surface area contributed by atoms with Crippen LogP contribution < -0.4 is 5.73 Å². The molecule has 2 nitrogen and oxygen atoms in total. The molecule has 0 aliphatic rings. The van der Waals surface area contributed by atoms with Gasteiger partial charge in [-0.05, 0) is 12.2 Å². The predicted octanol–water partition coefficient (Wildman–Crippen LogP) is 2.04. The minimum absolute atomic E-state index is 0. The Balaban J connectivity index is 0. The topological polar surface area (TPSA) is 38.4 Å². The smallest absolute Gasteiger partial charge is 0.153 e. The Morgan fingerprint density at radius 3 is 2.50 bits per heavy atom. The van der Waals surface area contributed by atoms with Gasteiger partial charge in [0.15, 0.2) is 5.17 Å². The summed E-state index contributed by atoms with van der Waals surface area (Å²) in [5.74, 6) is 1.01. The Labute approximate surface area is 77.4 Å². The number of hydrogen-bond acceptors (Lipinski definition) is 2. The van der Waals surface area contributed by atoms with Gasteiger partial charge in [-0.25, -0.2) is 0 Å². The second-order valence-electron chi connectivity index (χ2n) is 1.65. The minimum Gasteiger partial charge on any atom is -0.379 e. The molecule has 0 bridgehead atoms. The van der Waals surface area contributed by atoms with E-state index in [1.807, 2.05) is 0 Å². The van der Waals surface area contributed by atoms with Crippen LogP contribution in [0.4, 0.5) is 0 Å². The number of hydrogen-bond donors (Lipinski definition) is 1. The van der Waals surface area contributed by atoms with E-state index in [-0.39, 0.29) is 17.0 Å². The molecule has 2 N–H and O–H groups in total. The van der Waals surface area contributed by atoms with Crippen molar-refractivity contribution in [1.29, 1.82) is 0 Å². The van der Waals surface area contributed by atoms with Crippen molar-refractivity contribution < 1.29 is 0 Å². The molecule has 0 radical (unpaired) electrons. The Hall–Kier alpha value is 0.300. The molecule has 0 aromatic rings. The summed E-state index contributed by atoms with van der Waals surface area (Å²) < 4.78 is 0. The highest BCUT2D eigenvalue weighted by atomic mass is 79.9. The number of rotatable bonds is 3. The summed E-state index contributed by atoms with van der Waals surface area (Å²) in [5, 5.41) is 0.722. The third kappa shape index (κ3) is 8.30. The van der Waals surface area contributed by atoms with E-state index < -0.39 is 0 Å². The number of amidine groups is 1. The molecule has 0 aromatic heterocycles. The summed E-state index contributed by atoms with van der Waals surface area (Å²) in [5.41, 5.74) is 5.48. The van der Waals surface area contributed by atoms with Gasteiger partial charge in [0.25, 0.3) is 0 Å². The van der Waals surface area contributed by atoms with E-state index in [0.717, 1.165) is 23.9 Å².